The monoisotopic (exact) mass is 377 g/mol. The Bertz CT molecular complexity index is 1050. The number of aliphatic hydroxyl groups excluding tert-OH is 1. The molecule has 1 atom stereocenters. The van der Waals surface area contributed by atoms with E-state index in [2.05, 4.69) is 9.97 Å². The maximum Gasteiger partial charge on any atom is 0.254 e. The van der Waals surface area contributed by atoms with Gasteiger partial charge in [-0.1, -0.05) is 17.7 Å². The van der Waals surface area contributed by atoms with Gasteiger partial charge >= 0.3 is 0 Å². The first-order valence-corrected chi connectivity index (χ1v) is 9.55. The minimum absolute atomic E-state index is 0.0668. The van der Waals surface area contributed by atoms with Crippen LogP contribution in [0.4, 0.5) is 0 Å². The fourth-order valence-corrected chi connectivity index (χ4v) is 3.93. The number of hydrogen-bond acceptors (Lipinski definition) is 4. The van der Waals surface area contributed by atoms with E-state index in [9.17, 15) is 14.7 Å². The molecule has 3 aromatic rings. The number of aryl methyl sites for hydroxylation is 1. The number of aromatic amines is 1. The molecule has 144 valence electrons. The number of amides is 1. The molecule has 1 unspecified atom stereocenters. The van der Waals surface area contributed by atoms with Gasteiger partial charge in [-0.2, -0.15) is 0 Å². The zero-order valence-corrected chi connectivity index (χ0v) is 15.8. The fraction of sp³-hybridized carbons (Fsp3) is 0.318. The van der Waals surface area contributed by atoms with Crippen LogP contribution in [0.1, 0.15) is 40.6 Å². The molecule has 0 radical (unpaired) electrons. The number of aromatic nitrogens is 2. The SMILES string of the molecule is Cc1ccc2[nH]c(=O)cc(C(=O)N3CCC(C(O)c4ccccn4)CC3)c2c1. The summed E-state index contributed by atoms with van der Waals surface area (Å²) in [6.45, 7) is 3.06. The van der Waals surface area contributed by atoms with Crippen molar-refractivity contribution < 1.29 is 9.90 Å². The number of H-pyrrole nitrogens is 1. The fourth-order valence-electron chi connectivity index (χ4n) is 3.93. The number of pyridine rings is 2. The van der Waals surface area contributed by atoms with Crippen LogP contribution in [-0.2, 0) is 0 Å². The van der Waals surface area contributed by atoms with Gasteiger partial charge in [-0.15, -0.1) is 0 Å². The number of aliphatic hydroxyl groups is 1. The second kappa shape index (κ2) is 7.56. The molecular formula is C22H23N3O3. The topological polar surface area (TPSA) is 86.3 Å². The van der Waals surface area contributed by atoms with E-state index >= 15 is 0 Å². The molecule has 0 spiro atoms. The molecule has 28 heavy (non-hydrogen) atoms. The van der Waals surface area contributed by atoms with Gasteiger partial charge in [-0.3, -0.25) is 14.6 Å². The van der Waals surface area contributed by atoms with Gasteiger partial charge in [-0.05, 0) is 49.9 Å². The summed E-state index contributed by atoms with van der Waals surface area (Å²) in [6.07, 6.45) is 2.45. The highest BCUT2D eigenvalue weighted by atomic mass is 16.3. The number of rotatable bonds is 3. The van der Waals surface area contributed by atoms with Crippen molar-refractivity contribution in [1.29, 1.82) is 0 Å². The van der Waals surface area contributed by atoms with Crippen molar-refractivity contribution >= 4 is 16.8 Å². The lowest BCUT2D eigenvalue weighted by molar-refractivity contribution is 0.0448. The van der Waals surface area contributed by atoms with E-state index in [1.54, 1.807) is 11.1 Å². The summed E-state index contributed by atoms with van der Waals surface area (Å²) in [5.74, 6) is -0.0652. The second-order valence-corrected chi connectivity index (χ2v) is 7.43. The van der Waals surface area contributed by atoms with E-state index in [0.29, 0.717) is 42.7 Å². The first kappa shape index (κ1) is 18.4. The van der Waals surface area contributed by atoms with Crippen molar-refractivity contribution in [3.63, 3.8) is 0 Å². The van der Waals surface area contributed by atoms with E-state index in [0.717, 1.165) is 10.9 Å². The third-order valence-corrected chi connectivity index (χ3v) is 5.49. The van der Waals surface area contributed by atoms with Gasteiger partial charge in [0.2, 0.25) is 5.56 Å². The van der Waals surface area contributed by atoms with E-state index in [-0.39, 0.29) is 17.4 Å². The summed E-state index contributed by atoms with van der Waals surface area (Å²) < 4.78 is 0. The van der Waals surface area contributed by atoms with Gasteiger partial charge in [-0.25, -0.2) is 0 Å². The Morgan fingerprint density at radius 2 is 2.00 bits per heavy atom. The van der Waals surface area contributed by atoms with Crippen molar-refractivity contribution in [2.75, 3.05) is 13.1 Å². The Kier molecular flexibility index (Phi) is 4.96. The first-order chi connectivity index (χ1) is 13.5. The van der Waals surface area contributed by atoms with E-state index in [1.807, 2.05) is 43.3 Å². The molecule has 2 aromatic heterocycles. The van der Waals surface area contributed by atoms with Gasteiger partial charge in [0, 0.05) is 36.3 Å². The maximum absolute atomic E-state index is 13.1. The molecule has 6 heteroatoms. The molecule has 1 aliphatic heterocycles. The number of piperidine rings is 1. The number of carbonyl (C=O) groups is 1. The Balaban J connectivity index is 1.53. The van der Waals surface area contributed by atoms with Gasteiger partial charge in [0.25, 0.3) is 5.91 Å². The van der Waals surface area contributed by atoms with Gasteiger partial charge in [0.1, 0.15) is 0 Å². The van der Waals surface area contributed by atoms with E-state index in [4.69, 9.17) is 0 Å². The van der Waals surface area contributed by atoms with Crippen LogP contribution in [0.2, 0.25) is 0 Å². The second-order valence-electron chi connectivity index (χ2n) is 7.43. The third kappa shape index (κ3) is 3.55. The van der Waals surface area contributed by atoms with E-state index in [1.165, 1.54) is 6.07 Å². The Labute approximate surface area is 162 Å². The molecule has 1 fully saturated rings. The number of nitrogens with one attached hydrogen (secondary N) is 1. The molecular weight excluding hydrogens is 354 g/mol. The van der Waals surface area contributed by atoms with Crippen LogP contribution in [0.25, 0.3) is 10.9 Å². The molecule has 6 nitrogen and oxygen atoms in total. The molecule has 2 N–H and O–H groups in total. The molecule has 1 amide bonds. The van der Waals surface area contributed by atoms with Crippen LogP contribution in [-0.4, -0.2) is 39.0 Å². The normalized spacial score (nSPS) is 16.3. The lowest BCUT2D eigenvalue weighted by Crippen LogP contribution is -2.40. The number of hydrogen-bond donors (Lipinski definition) is 2. The lowest BCUT2D eigenvalue weighted by Gasteiger charge is -2.34. The smallest absolute Gasteiger partial charge is 0.254 e. The largest absolute Gasteiger partial charge is 0.387 e. The van der Waals surface area contributed by atoms with Crippen molar-refractivity contribution in [2.45, 2.75) is 25.9 Å². The standard InChI is InChI=1S/C22H23N3O3/c1-14-5-6-18-16(12-14)17(13-20(26)24-18)22(28)25-10-7-15(8-11-25)21(27)19-4-2-3-9-23-19/h2-6,9,12-13,15,21,27H,7-8,10-11H2,1H3,(H,24,26). The Hall–Kier alpha value is -2.99. The van der Waals surface area contributed by atoms with Crippen LogP contribution < -0.4 is 5.56 Å². The zero-order valence-electron chi connectivity index (χ0n) is 15.8. The first-order valence-electron chi connectivity index (χ1n) is 9.55. The minimum atomic E-state index is -0.624. The Morgan fingerprint density at radius 3 is 2.71 bits per heavy atom. The van der Waals surface area contributed by atoms with E-state index < -0.39 is 6.10 Å². The molecule has 0 bridgehead atoms. The van der Waals surface area contributed by atoms with Crippen molar-refractivity contribution in [3.8, 4) is 0 Å². The summed E-state index contributed by atoms with van der Waals surface area (Å²) >= 11 is 0. The molecule has 4 rings (SSSR count). The van der Waals surface area contributed by atoms with Crippen LogP contribution in [0, 0.1) is 12.8 Å². The molecule has 1 aliphatic rings. The third-order valence-electron chi connectivity index (χ3n) is 5.49. The average Bonchev–Trinajstić information content (AvgIpc) is 2.73. The summed E-state index contributed by atoms with van der Waals surface area (Å²) in [6, 6.07) is 12.6. The maximum atomic E-state index is 13.1. The molecule has 0 saturated carbocycles. The van der Waals surface area contributed by atoms with Crippen LogP contribution in [0.5, 0.6) is 0 Å². The lowest BCUT2D eigenvalue weighted by atomic mass is 9.89. The number of likely N-dealkylation sites (tertiary alicyclic amines) is 1. The molecule has 3 heterocycles. The number of nitrogens with zero attached hydrogens (tertiary/aromatic N) is 2. The molecule has 0 aliphatic carbocycles. The number of fused-ring (bicyclic) bond motifs is 1. The van der Waals surface area contributed by atoms with Crippen molar-refractivity contribution in [1.82, 2.24) is 14.9 Å². The summed E-state index contributed by atoms with van der Waals surface area (Å²) in [4.78, 5) is 33.9. The molecule has 1 aromatic carbocycles. The van der Waals surface area contributed by atoms with Crippen molar-refractivity contribution in [3.05, 3.63) is 75.8 Å². The van der Waals surface area contributed by atoms with Crippen LogP contribution >= 0.6 is 0 Å². The highest BCUT2D eigenvalue weighted by molar-refractivity contribution is 6.06. The van der Waals surface area contributed by atoms with Crippen LogP contribution in [0.15, 0.2) is 53.5 Å². The predicted octanol–water partition coefficient (Wildman–Crippen LogP) is 2.82. The summed E-state index contributed by atoms with van der Waals surface area (Å²) in [7, 11) is 0. The predicted molar refractivity (Wildman–Crippen MR) is 107 cm³/mol. The highest BCUT2D eigenvalue weighted by Gasteiger charge is 2.30. The van der Waals surface area contributed by atoms with Gasteiger partial charge < -0.3 is 15.0 Å². The summed E-state index contributed by atoms with van der Waals surface area (Å²) in [5.41, 5.74) is 2.53. The minimum Gasteiger partial charge on any atom is -0.387 e. The zero-order chi connectivity index (χ0) is 19.7. The highest BCUT2D eigenvalue weighted by Crippen LogP contribution is 2.30. The average molecular weight is 377 g/mol. The number of benzene rings is 1. The van der Waals surface area contributed by atoms with Crippen LogP contribution in [0.3, 0.4) is 0 Å². The van der Waals surface area contributed by atoms with Gasteiger partial charge in [0.15, 0.2) is 0 Å². The van der Waals surface area contributed by atoms with Crippen molar-refractivity contribution in [2.24, 2.45) is 5.92 Å². The summed E-state index contributed by atoms with van der Waals surface area (Å²) in [5, 5.41) is 11.3. The Morgan fingerprint density at radius 1 is 1.21 bits per heavy atom. The number of carbonyl (C=O) groups excluding carboxylic acids is 1. The quantitative estimate of drug-likeness (QED) is 0.735. The molecule has 1 saturated heterocycles. The van der Waals surface area contributed by atoms with Gasteiger partial charge in [0.05, 0.1) is 17.4 Å².